The summed E-state index contributed by atoms with van der Waals surface area (Å²) >= 11 is 0. The van der Waals surface area contributed by atoms with Crippen LogP contribution in [0.3, 0.4) is 0 Å². The molecule has 0 aromatic rings. The maximum Gasteiger partial charge on any atom is 0.107 e. The molecule has 1 atom stereocenters. The first-order valence-electron chi connectivity index (χ1n) is 8.76. The predicted octanol–water partition coefficient (Wildman–Crippen LogP) is 4.71. The molecule has 0 bridgehead atoms. The van der Waals surface area contributed by atoms with Crippen LogP contribution in [0.5, 0.6) is 0 Å². The highest BCUT2D eigenvalue weighted by atomic mass is 16.3. The zero-order valence-electron chi connectivity index (χ0n) is 13.1. The van der Waals surface area contributed by atoms with Crippen LogP contribution in [0.1, 0.15) is 90.4 Å². The van der Waals surface area contributed by atoms with Crippen LogP contribution in [0.2, 0.25) is 0 Å². The second-order valence-corrected chi connectivity index (χ2v) is 6.19. The molecule has 114 valence electrons. The molecule has 1 fully saturated rings. The first-order chi connectivity index (χ1) is 9.34. The van der Waals surface area contributed by atoms with Crippen molar-refractivity contribution in [2.24, 2.45) is 0 Å². The predicted molar refractivity (Wildman–Crippen MR) is 83.3 cm³/mol. The van der Waals surface area contributed by atoms with Gasteiger partial charge in [0.1, 0.15) is 6.23 Å². The van der Waals surface area contributed by atoms with E-state index in [2.05, 4.69) is 11.8 Å². The summed E-state index contributed by atoms with van der Waals surface area (Å²) in [5.41, 5.74) is 0. The second kappa shape index (κ2) is 11.7. The lowest BCUT2D eigenvalue weighted by Crippen LogP contribution is -2.32. The zero-order valence-corrected chi connectivity index (χ0v) is 13.1. The molecule has 1 aliphatic heterocycles. The fraction of sp³-hybridized carbons (Fsp3) is 1.00. The molecule has 1 heterocycles. The number of likely N-dealkylation sites (tertiary alicyclic amines) is 1. The molecule has 0 amide bonds. The van der Waals surface area contributed by atoms with Gasteiger partial charge in [-0.15, -0.1) is 0 Å². The molecule has 1 unspecified atom stereocenters. The number of unbranched alkanes of at least 4 members (excludes halogenated alkanes) is 9. The van der Waals surface area contributed by atoms with E-state index in [9.17, 15) is 5.11 Å². The number of rotatable bonds is 12. The zero-order chi connectivity index (χ0) is 13.8. The molecule has 1 saturated heterocycles. The van der Waals surface area contributed by atoms with E-state index in [1.807, 2.05) is 0 Å². The molecule has 0 spiro atoms. The standard InChI is InChI=1S/C17H35NO/c1-2-3-4-5-6-7-8-9-10-11-14-17(19)18-15-12-13-16-18/h17,19H,2-16H2,1H3. The van der Waals surface area contributed by atoms with Crippen LogP contribution in [-0.2, 0) is 0 Å². The summed E-state index contributed by atoms with van der Waals surface area (Å²) in [6.45, 7) is 4.49. The summed E-state index contributed by atoms with van der Waals surface area (Å²) in [6.07, 6.45) is 17.1. The summed E-state index contributed by atoms with van der Waals surface area (Å²) in [4.78, 5) is 2.24. The lowest BCUT2D eigenvalue weighted by atomic mass is 10.1. The van der Waals surface area contributed by atoms with Crippen LogP contribution in [-0.4, -0.2) is 29.3 Å². The van der Waals surface area contributed by atoms with Crippen LogP contribution < -0.4 is 0 Å². The highest BCUT2D eigenvalue weighted by molar-refractivity contribution is 4.68. The molecule has 0 aromatic carbocycles. The van der Waals surface area contributed by atoms with Crippen molar-refractivity contribution in [2.75, 3.05) is 13.1 Å². The minimum atomic E-state index is -0.156. The molecule has 2 heteroatoms. The molecule has 0 saturated carbocycles. The first kappa shape index (κ1) is 17.0. The minimum absolute atomic E-state index is 0.156. The van der Waals surface area contributed by atoms with Gasteiger partial charge < -0.3 is 5.11 Å². The summed E-state index contributed by atoms with van der Waals surface area (Å²) in [6, 6.07) is 0. The van der Waals surface area contributed by atoms with Crippen molar-refractivity contribution >= 4 is 0 Å². The van der Waals surface area contributed by atoms with Crippen LogP contribution >= 0.6 is 0 Å². The quantitative estimate of drug-likeness (QED) is 0.519. The van der Waals surface area contributed by atoms with Crippen molar-refractivity contribution in [3.63, 3.8) is 0 Å². The third kappa shape index (κ3) is 8.65. The van der Waals surface area contributed by atoms with Crippen molar-refractivity contribution in [3.05, 3.63) is 0 Å². The Balaban J connectivity index is 1.78. The van der Waals surface area contributed by atoms with Crippen molar-refractivity contribution < 1.29 is 5.11 Å². The van der Waals surface area contributed by atoms with Crippen molar-refractivity contribution in [1.29, 1.82) is 0 Å². The van der Waals surface area contributed by atoms with E-state index in [1.165, 1.54) is 77.0 Å². The SMILES string of the molecule is CCCCCCCCCCCCC(O)N1CCCC1. The number of hydrogen-bond acceptors (Lipinski definition) is 2. The van der Waals surface area contributed by atoms with Crippen LogP contribution in [0.25, 0.3) is 0 Å². The maximum atomic E-state index is 10.00. The average Bonchev–Trinajstić information content (AvgIpc) is 2.95. The Morgan fingerprint density at radius 3 is 1.79 bits per heavy atom. The van der Waals surface area contributed by atoms with Gasteiger partial charge in [0, 0.05) is 13.1 Å². The molecule has 1 N–H and O–H groups in total. The van der Waals surface area contributed by atoms with Gasteiger partial charge in [-0.25, -0.2) is 0 Å². The lowest BCUT2D eigenvalue weighted by Gasteiger charge is -2.22. The molecule has 2 nitrogen and oxygen atoms in total. The van der Waals surface area contributed by atoms with Crippen molar-refractivity contribution in [3.8, 4) is 0 Å². The Bertz CT molecular complexity index is 190. The Labute approximate surface area is 120 Å². The third-order valence-electron chi connectivity index (χ3n) is 4.38. The number of aliphatic hydroxyl groups excluding tert-OH is 1. The number of nitrogens with zero attached hydrogens (tertiary/aromatic N) is 1. The summed E-state index contributed by atoms with van der Waals surface area (Å²) in [7, 11) is 0. The lowest BCUT2D eigenvalue weighted by molar-refractivity contribution is 0.0121. The van der Waals surface area contributed by atoms with Gasteiger partial charge in [0.25, 0.3) is 0 Å². The normalized spacial score (nSPS) is 18.0. The highest BCUT2D eigenvalue weighted by Crippen LogP contribution is 2.16. The minimum Gasteiger partial charge on any atom is -0.378 e. The van der Waals surface area contributed by atoms with Gasteiger partial charge in [0.05, 0.1) is 0 Å². The Kier molecular flexibility index (Phi) is 10.5. The molecule has 0 aliphatic carbocycles. The van der Waals surface area contributed by atoms with Crippen LogP contribution in [0, 0.1) is 0 Å². The topological polar surface area (TPSA) is 23.5 Å². The Morgan fingerprint density at radius 2 is 1.26 bits per heavy atom. The molecule has 0 aromatic heterocycles. The number of aliphatic hydroxyl groups is 1. The van der Waals surface area contributed by atoms with Gasteiger partial charge in [0.2, 0.25) is 0 Å². The first-order valence-corrected chi connectivity index (χ1v) is 8.76. The highest BCUT2D eigenvalue weighted by Gasteiger charge is 2.18. The van der Waals surface area contributed by atoms with Gasteiger partial charge in [-0.1, -0.05) is 64.7 Å². The molecular formula is C17H35NO. The summed E-state index contributed by atoms with van der Waals surface area (Å²) in [5, 5.41) is 10.00. The fourth-order valence-electron chi connectivity index (χ4n) is 3.04. The van der Waals surface area contributed by atoms with Gasteiger partial charge in [-0.3, -0.25) is 4.90 Å². The van der Waals surface area contributed by atoms with Crippen molar-refractivity contribution in [2.45, 2.75) is 96.6 Å². The smallest absolute Gasteiger partial charge is 0.107 e. The van der Waals surface area contributed by atoms with E-state index < -0.39 is 0 Å². The van der Waals surface area contributed by atoms with Crippen LogP contribution in [0.4, 0.5) is 0 Å². The molecule has 0 radical (unpaired) electrons. The van der Waals surface area contributed by atoms with Gasteiger partial charge in [-0.05, 0) is 25.7 Å². The third-order valence-corrected chi connectivity index (χ3v) is 4.38. The van der Waals surface area contributed by atoms with E-state index in [0.717, 1.165) is 19.5 Å². The van der Waals surface area contributed by atoms with E-state index in [0.29, 0.717) is 0 Å². The average molecular weight is 269 g/mol. The molecule has 19 heavy (non-hydrogen) atoms. The molecule has 1 rings (SSSR count). The van der Waals surface area contributed by atoms with E-state index in [4.69, 9.17) is 0 Å². The van der Waals surface area contributed by atoms with E-state index >= 15 is 0 Å². The largest absolute Gasteiger partial charge is 0.378 e. The van der Waals surface area contributed by atoms with Gasteiger partial charge in [-0.2, -0.15) is 0 Å². The van der Waals surface area contributed by atoms with Gasteiger partial charge >= 0.3 is 0 Å². The van der Waals surface area contributed by atoms with Crippen molar-refractivity contribution in [1.82, 2.24) is 4.90 Å². The van der Waals surface area contributed by atoms with E-state index in [1.54, 1.807) is 0 Å². The molecule has 1 aliphatic rings. The Hall–Kier alpha value is -0.0800. The van der Waals surface area contributed by atoms with Gasteiger partial charge in [0.15, 0.2) is 0 Å². The van der Waals surface area contributed by atoms with Crippen LogP contribution in [0.15, 0.2) is 0 Å². The monoisotopic (exact) mass is 269 g/mol. The second-order valence-electron chi connectivity index (χ2n) is 6.19. The summed E-state index contributed by atoms with van der Waals surface area (Å²) < 4.78 is 0. The fourth-order valence-corrected chi connectivity index (χ4v) is 3.04. The van der Waals surface area contributed by atoms with E-state index in [-0.39, 0.29) is 6.23 Å². The maximum absolute atomic E-state index is 10.00. The molecular weight excluding hydrogens is 234 g/mol. The number of hydrogen-bond donors (Lipinski definition) is 1. The Morgan fingerprint density at radius 1 is 0.789 bits per heavy atom. The summed E-state index contributed by atoms with van der Waals surface area (Å²) in [5.74, 6) is 0.